The molecule has 1 saturated carbocycles. The summed E-state index contributed by atoms with van der Waals surface area (Å²) in [6.45, 7) is 9.64. The monoisotopic (exact) mass is 295 g/mol. The van der Waals surface area contributed by atoms with Crippen LogP contribution in [0.3, 0.4) is 0 Å². The van der Waals surface area contributed by atoms with E-state index < -0.39 is 5.60 Å². The number of hydrogen-bond donors (Lipinski definition) is 0. The lowest BCUT2D eigenvalue weighted by molar-refractivity contribution is 0.0142. The molecule has 1 saturated heterocycles. The van der Waals surface area contributed by atoms with Crippen molar-refractivity contribution in [2.75, 3.05) is 32.7 Å². The molecule has 1 amide bonds. The number of ether oxygens (including phenoxy) is 1. The Kier molecular flexibility index (Phi) is 4.69. The first-order chi connectivity index (χ1) is 9.84. The van der Waals surface area contributed by atoms with Gasteiger partial charge in [-0.05, 0) is 40.0 Å². The molecule has 2 fully saturated rings. The minimum atomic E-state index is -0.445. The molecule has 1 aliphatic carbocycles. The first kappa shape index (κ1) is 16.0. The molecule has 0 spiro atoms. The third-order valence-corrected chi connectivity index (χ3v) is 4.03. The summed E-state index contributed by atoms with van der Waals surface area (Å²) in [6, 6.07) is 0. The maximum Gasteiger partial charge on any atom is 0.410 e. The second-order valence-electron chi connectivity index (χ2n) is 6.99. The van der Waals surface area contributed by atoms with Gasteiger partial charge in [0, 0.05) is 32.7 Å². The van der Waals surface area contributed by atoms with Crippen LogP contribution in [0.2, 0.25) is 0 Å². The SMILES string of the molecule is CC(C)(C)OC(=O)N1CCN(CCC2(N=C=O)CC2)CC1. The van der Waals surface area contributed by atoms with Crippen LogP contribution in [-0.4, -0.2) is 65.8 Å². The molecule has 0 atom stereocenters. The van der Waals surface area contributed by atoms with Crippen molar-refractivity contribution in [2.24, 2.45) is 4.99 Å². The fourth-order valence-electron chi connectivity index (χ4n) is 2.51. The normalized spacial score (nSPS) is 21.6. The molecule has 6 nitrogen and oxygen atoms in total. The molecule has 0 radical (unpaired) electrons. The number of rotatable bonds is 4. The molecule has 2 rings (SSSR count). The molecule has 1 aliphatic heterocycles. The summed E-state index contributed by atoms with van der Waals surface area (Å²) in [7, 11) is 0. The van der Waals surface area contributed by atoms with Gasteiger partial charge in [0.25, 0.3) is 0 Å². The van der Waals surface area contributed by atoms with Crippen LogP contribution in [0.5, 0.6) is 0 Å². The Morgan fingerprint density at radius 1 is 1.24 bits per heavy atom. The van der Waals surface area contributed by atoms with Crippen molar-refractivity contribution < 1.29 is 14.3 Å². The highest BCUT2D eigenvalue weighted by molar-refractivity contribution is 5.68. The van der Waals surface area contributed by atoms with Crippen molar-refractivity contribution in [3.63, 3.8) is 0 Å². The van der Waals surface area contributed by atoms with Gasteiger partial charge in [-0.3, -0.25) is 4.90 Å². The Balaban J connectivity index is 1.71. The Bertz CT molecular complexity index is 426. The third kappa shape index (κ3) is 4.83. The summed E-state index contributed by atoms with van der Waals surface area (Å²) in [4.78, 5) is 30.3. The Morgan fingerprint density at radius 2 is 1.86 bits per heavy atom. The number of hydrogen-bond acceptors (Lipinski definition) is 5. The summed E-state index contributed by atoms with van der Waals surface area (Å²) < 4.78 is 5.38. The van der Waals surface area contributed by atoms with E-state index in [0.717, 1.165) is 38.9 Å². The van der Waals surface area contributed by atoms with Crippen molar-refractivity contribution in [1.29, 1.82) is 0 Å². The zero-order chi connectivity index (χ0) is 15.5. The lowest BCUT2D eigenvalue weighted by Crippen LogP contribution is -2.50. The fourth-order valence-corrected chi connectivity index (χ4v) is 2.51. The van der Waals surface area contributed by atoms with Crippen LogP contribution in [0.4, 0.5) is 4.79 Å². The van der Waals surface area contributed by atoms with Gasteiger partial charge in [0.2, 0.25) is 6.08 Å². The van der Waals surface area contributed by atoms with Crippen LogP contribution in [0.25, 0.3) is 0 Å². The molecule has 0 bridgehead atoms. The topological polar surface area (TPSA) is 62.2 Å². The van der Waals surface area contributed by atoms with E-state index in [1.165, 1.54) is 0 Å². The van der Waals surface area contributed by atoms with Crippen molar-refractivity contribution in [1.82, 2.24) is 9.80 Å². The van der Waals surface area contributed by atoms with Gasteiger partial charge in [0.05, 0.1) is 5.54 Å². The number of isocyanates is 1. The first-order valence-electron chi connectivity index (χ1n) is 7.63. The lowest BCUT2D eigenvalue weighted by atomic mass is 10.1. The van der Waals surface area contributed by atoms with Crippen LogP contribution in [-0.2, 0) is 9.53 Å². The number of nitrogens with zero attached hydrogens (tertiary/aromatic N) is 3. The molecule has 21 heavy (non-hydrogen) atoms. The second-order valence-corrected chi connectivity index (χ2v) is 6.99. The molecule has 0 aromatic carbocycles. The van der Waals surface area contributed by atoms with E-state index in [-0.39, 0.29) is 11.6 Å². The van der Waals surface area contributed by atoms with Crippen molar-refractivity contribution in [2.45, 2.75) is 51.2 Å². The molecule has 0 N–H and O–H groups in total. The van der Waals surface area contributed by atoms with E-state index in [1.54, 1.807) is 11.0 Å². The molecular formula is C15H25N3O3. The minimum Gasteiger partial charge on any atom is -0.444 e. The highest BCUT2D eigenvalue weighted by Crippen LogP contribution is 2.42. The van der Waals surface area contributed by atoms with Crippen LogP contribution in [0, 0.1) is 0 Å². The zero-order valence-corrected chi connectivity index (χ0v) is 13.2. The van der Waals surface area contributed by atoms with E-state index in [2.05, 4.69) is 9.89 Å². The molecule has 0 aromatic heterocycles. The minimum absolute atomic E-state index is 0.121. The maximum absolute atomic E-state index is 12.0. The van der Waals surface area contributed by atoms with Crippen LogP contribution >= 0.6 is 0 Å². The molecular weight excluding hydrogens is 270 g/mol. The molecule has 2 aliphatic rings. The number of carbonyl (C=O) groups is 1. The van der Waals surface area contributed by atoms with Crippen LogP contribution in [0.15, 0.2) is 4.99 Å². The van der Waals surface area contributed by atoms with Crippen molar-refractivity contribution in [3.8, 4) is 0 Å². The molecule has 118 valence electrons. The summed E-state index contributed by atoms with van der Waals surface area (Å²) in [5, 5.41) is 0. The van der Waals surface area contributed by atoms with Gasteiger partial charge in [-0.15, -0.1) is 0 Å². The van der Waals surface area contributed by atoms with E-state index in [0.29, 0.717) is 13.1 Å². The van der Waals surface area contributed by atoms with Crippen molar-refractivity contribution >= 4 is 12.2 Å². The summed E-state index contributed by atoms with van der Waals surface area (Å²) in [5.74, 6) is 0. The van der Waals surface area contributed by atoms with E-state index in [9.17, 15) is 9.59 Å². The Hall–Kier alpha value is -1.39. The molecule has 6 heteroatoms. The Labute approximate surface area is 126 Å². The van der Waals surface area contributed by atoms with E-state index in [1.807, 2.05) is 20.8 Å². The standard InChI is InChI=1S/C15H25N3O3/c1-14(2,3)21-13(20)18-10-8-17(9-11-18)7-6-15(4-5-15)16-12-19/h4-11H2,1-3H3. The highest BCUT2D eigenvalue weighted by atomic mass is 16.6. The smallest absolute Gasteiger partial charge is 0.410 e. The van der Waals surface area contributed by atoms with E-state index >= 15 is 0 Å². The zero-order valence-electron chi connectivity index (χ0n) is 13.2. The van der Waals surface area contributed by atoms with Gasteiger partial charge >= 0.3 is 6.09 Å². The van der Waals surface area contributed by atoms with Crippen LogP contribution < -0.4 is 0 Å². The summed E-state index contributed by atoms with van der Waals surface area (Å²) in [5.41, 5.74) is -0.566. The number of aliphatic imine (C=N–C) groups is 1. The summed E-state index contributed by atoms with van der Waals surface area (Å²) in [6.07, 6.45) is 4.37. The predicted molar refractivity (Wildman–Crippen MR) is 79.0 cm³/mol. The third-order valence-electron chi connectivity index (χ3n) is 4.03. The molecule has 0 aromatic rings. The van der Waals surface area contributed by atoms with E-state index in [4.69, 9.17) is 4.74 Å². The molecule has 1 heterocycles. The van der Waals surface area contributed by atoms with Gasteiger partial charge in [0.15, 0.2) is 0 Å². The van der Waals surface area contributed by atoms with Gasteiger partial charge < -0.3 is 9.64 Å². The predicted octanol–water partition coefficient (Wildman–Crippen LogP) is 1.80. The quantitative estimate of drug-likeness (QED) is 0.586. The number of amides is 1. The molecule has 0 unspecified atom stereocenters. The first-order valence-corrected chi connectivity index (χ1v) is 7.63. The average molecular weight is 295 g/mol. The largest absolute Gasteiger partial charge is 0.444 e. The average Bonchev–Trinajstić information content (AvgIpc) is 3.16. The lowest BCUT2D eigenvalue weighted by Gasteiger charge is -2.35. The van der Waals surface area contributed by atoms with Crippen LogP contribution in [0.1, 0.15) is 40.0 Å². The maximum atomic E-state index is 12.0. The fraction of sp³-hybridized carbons (Fsp3) is 0.867. The second kappa shape index (κ2) is 6.16. The number of carbonyl (C=O) groups excluding carboxylic acids is 2. The van der Waals surface area contributed by atoms with Gasteiger partial charge in [-0.2, -0.15) is 4.99 Å². The van der Waals surface area contributed by atoms with Gasteiger partial charge in [-0.25, -0.2) is 9.59 Å². The highest BCUT2D eigenvalue weighted by Gasteiger charge is 2.42. The number of piperazine rings is 1. The van der Waals surface area contributed by atoms with Crippen molar-refractivity contribution in [3.05, 3.63) is 0 Å². The van der Waals surface area contributed by atoms with Gasteiger partial charge in [-0.1, -0.05) is 0 Å². The van der Waals surface area contributed by atoms with Gasteiger partial charge in [0.1, 0.15) is 5.60 Å². The summed E-state index contributed by atoms with van der Waals surface area (Å²) >= 11 is 0. The Morgan fingerprint density at radius 3 is 2.33 bits per heavy atom.